The van der Waals surface area contributed by atoms with Gasteiger partial charge in [-0.25, -0.2) is 4.79 Å². The smallest absolute Gasteiger partial charge is 0.450 e. The highest BCUT2D eigenvalue weighted by atomic mass is 28.4. The molecule has 0 aliphatic rings. The summed E-state index contributed by atoms with van der Waals surface area (Å²) in [6, 6.07) is 0.855. The fourth-order valence-corrected chi connectivity index (χ4v) is 4.88. The summed E-state index contributed by atoms with van der Waals surface area (Å²) in [5.74, 6) is 0. The van der Waals surface area contributed by atoms with E-state index in [2.05, 4.69) is 5.32 Å². The monoisotopic (exact) mass is 335 g/mol. The second kappa shape index (κ2) is 14.0. The zero-order valence-electron chi connectivity index (χ0n) is 14.6. The van der Waals surface area contributed by atoms with E-state index in [0.717, 1.165) is 31.7 Å². The summed E-state index contributed by atoms with van der Waals surface area (Å²) in [4.78, 5) is 11.1. The van der Waals surface area contributed by atoms with Crippen molar-refractivity contribution in [2.45, 2.75) is 59.4 Å². The summed E-state index contributed by atoms with van der Waals surface area (Å²) in [5, 5.41) is 2.73. The van der Waals surface area contributed by atoms with Crippen molar-refractivity contribution in [2.75, 3.05) is 33.0 Å². The van der Waals surface area contributed by atoms with Gasteiger partial charge in [0.2, 0.25) is 0 Å². The van der Waals surface area contributed by atoms with E-state index in [1.807, 2.05) is 20.8 Å². The normalized spacial score (nSPS) is 11.5. The van der Waals surface area contributed by atoms with E-state index in [1.165, 1.54) is 0 Å². The fraction of sp³-hybridized carbons (Fsp3) is 0.933. The number of nitrogens with one attached hydrogen (secondary N) is 1. The molecule has 0 aromatic carbocycles. The molecule has 0 rings (SSSR count). The molecule has 0 unspecified atom stereocenters. The van der Waals surface area contributed by atoms with Gasteiger partial charge in [0.15, 0.2) is 0 Å². The summed E-state index contributed by atoms with van der Waals surface area (Å²) in [7, 11) is -2.48. The molecule has 1 N–H and O–H groups in total. The lowest BCUT2D eigenvalue weighted by atomic mass is 10.2. The molecule has 0 atom stereocenters. The molecule has 0 heterocycles. The first-order valence-electron chi connectivity index (χ1n) is 8.46. The maximum Gasteiger partial charge on any atom is 0.500 e. The number of hydrogen-bond donors (Lipinski definition) is 1. The molecule has 0 aromatic heterocycles. The Balaban J connectivity index is 3.85. The molecule has 1 amide bonds. The number of amides is 1. The lowest BCUT2D eigenvalue weighted by molar-refractivity contribution is 0.0706. The lowest BCUT2D eigenvalue weighted by Gasteiger charge is -2.28. The Bertz CT molecular complexity index is 262. The van der Waals surface area contributed by atoms with Crippen LogP contribution in [0.2, 0.25) is 6.04 Å². The number of alkyl carbamates (subject to hydrolysis) is 1. The number of ether oxygens (including phenoxy) is 1. The van der Waals surface area contributed by atoms with Gasteiger partial charge in [0, 0.05) is 32.4 Å². The van der Waals surface area contributed by atoms with Crippen LogP contribution in [0.3, 0.4) is 0 Å². The second-order valence-electron chi connectivity index (χ2n) is 4.79. The minimum absolute atomic E-state index is 0.335. The van der Waals surface area contributed by atoms with Gasteiger partial charge in [0.25, 0.3) is 0 Å². The largest absolute Gasteiger partial charge is 0.500 e. The van der Waals surface area contributed by atoms with Crippen LogP contribution >= 0.6 is 0 Å². The quantitative estimate of drug-likeness (QED) is 0.389. The maximum atomic E-state index is 11.1. The third-order valence-corrected chi connectivity index (χ3v) is 6.20. The molecule has 6 nitrogen and oxygen atoms in total. The molecule has 132 valence electrons. The predicted molar refractivity (Wildman–Crippen MR) is 88.9 cm³/mol. The third-order valence-electron chi connectivity index (χ3n) is 3.05. The Labute approximate surface area is 136 Å². The van der Waals surface area contributed by atoms with Crippen LogP contribution in [0.1, 0.15) is 53.4 Å². The lowest BCUT2D eigenvalue weighted by Crippen LogP contribution is -2.45. The van der Waals surface area contributed by atoms with Crippen molar-refractivity contribution in [3.8, 4) is 0 Å². The zero-order valence-corrected chi connectivity index (χ0v) is 15.6. The average molecular weight is 336 g/mol. The van der Waals surface area contributed by atoms with Crippen LogP contribution in [0.4, 0.5) is 4.79 Å². The van der Waals surface area contributed by atoms with Crippen molar-refractivity contribution in [1.29, 1.82) is 0 Å². The molecule has 0 saturated heterocycles. The minimum atomic E-state index is -2.48. The summed E-state index contributed by atoms with van der Waals surface area (Å²) in [6.07, 6.45) is 3.77. The van der Waals surface area contributed by atoms with Gasteiger partial charge in [-0.15, -0.1) is 0 Å². The fourth-order valence-electron chi connectivity index (χ4n) is 2.19. The van der Waals surface area contributed by atoms with Gasteiger partial charge in [0.1, 0.15) is 0 Å². The Morgan fingerprint density at radius 3 is 1.86 bits per heavy atom. The van der Waals surface area contributed by atoms with Crippen LogP contribution in [0, 0.1) is 0 Å². The van der Waals surface area contributed by atoms with Gasteiger partial charge in [-0.2, -0.15) is 0 Å². The minimum Gasteiger partial charge on any atom is -0.450 e. The highest BCUT2D eigenvalue weighted by Gasteiger charge is 2.39. The Hall–Kier alpha value is -0.633. The molecule has 0 saturated carbocycles. The molecule has 0 aliphatic heterocycles. The topological polar surface area (TPSA) is 66.0 Å². The van der Waals surface area contributed by atoms with Crippen LogP contribution in [0.5, 0.6) is 0 Å². The number of unbranched alkanes of at least 4 members (excludes halogenated alkanes) is 3. The first-order valence-corrected chi connectivity index (χ1v) is 10.4. The van der Waals surface area contributed by atoms with Crippen LogP contribution in [-0.2, 0) is 18.0 Å². The molecule has 0 bridgehead atoms. The molecular weight excluding hydrogens is 302 g/mol. The van der Waals surface area contributed by atoms with E-state index in [0.29, 0.717) is 33.0 Å². The standard InChI is InChI=1S/C15H33NO5Si/c1-5-18-15(17)16-13-11-9-10-12-14-22(19-6-2,20-7-3)21-8-4/h5-14H2,1-4H3,(H,16,17). The Morgan fingerprint density at radius 2 is 1.36 bits per heavy atom. The molecule has 0 aromatic rings. The number of carbonyl (C=O) groups excluding carboxylic acids is 1. The highest BCUT2D eigenvalue weighted by Crippen LogP contribution is 2.20. The predicted octanol–water partition coefficient (Wildman–Crippen LogP) is 3.34. The summed E-state index contributed by atoms with van der Waals surface area (Å²) in [6.45, 7) is 10.6. The Kier molecular flexibility index (Phi) is 13.6. The first kappa shape index (κ1) is 21.4. The van der Waals surface area contributed by atoms with Crippen molar-refractivity contribution < 1.29 is 22.8 Å². The molecule has 0 aliphatic carbocycles. The van der Waals surface area contributed by atoms with Crippen molar-refractivity contribution >= 4 is 14.9 Å². The number of carbonyl (C=O) groups is 1. The van der Waals surface area contributed by atoms with Crippen molar-refractivity contribution in [3.63, 3.8) is 0 Å². The van der Waals surface area contributed by atoms with E-state index in [1.54, 1.807) is 6.92 Å². The van der Waals surface area contributed by atoms with E-state index < -0.39 is 8.80 Å². The van der Waals surface area contributed by atoms with Gasteiger partial charge in [-0.1, -0.05) is 12.8 Å². The van der Waals surface area contributed by atoms with Crippen LogP contribution in [-0.4, -0.2) is 47.9 Å². The van der Waals surface area contributed by atoms with Gasteiger partial charge in [-0.05, 0) is 40.5 Å². The van der Waals surface area contributed by atoms with Crippen molar-refractivity contribution in [3.05, 3.63) is 0 Å². The van der Waals surface area contributed by atoms with Crippen molar-refractivity contribution in [2.24, 2.45) is 0 Å². The van der Waals surface area contributed by atoms with Gasteiger partial charge >= 0.3 is 14.9 Å². The highest BCUT2D eigenvalue weighted by molar-refractivity contribution is 6.60. The van der Waals surface area contributed by atoms with Crippen LogP contribution < -0.4 is 5.32 Å². The molecule has 22 heavy (non-hydrogen) atoms. The first-order chi connectivity index (χ1) is 10.6. The average Bonchev–Trinajstić information content (AvgIpc) is 2.47. The van der Waals surface area contributed by atoms with E-state index in [9.17, 15) is 4.79 Å². The number of rotatable bonds is 14. The zero-order chi connectivity index (χ0) is 16.7. The summed E-state index contributed by atoms with van der Waals surface area (Å²) < 4.78 is 22.3. The van der Waals surface area contributed by atoms with Crippen LogP contribution in [0.15, 0.2) is 0 Å². The molecule has 0 radical (unpaired) electrons. The molecular formula is C15H33NO5Si. The maximum absolute atomic E-state index is 11.1. The van der Waals surface area contributed by atoms with E-state index in [4.69, 9.17) is 18.0 Å². The van der Waals surface area contributed by atoms with E-state index >= 15 is 0 Å². The molecule has 0 spiro atoms. The SMILES string of the molecule is CCOC(=O)NCCCCCC[Si](OCC)(OCC)OCC. The van der Waals surface area contributed by atoms with Gasteiger partial charge < -0.3 is 23.3 Å². The van der Waals surface area contributed by atoms with Crippen LogP contribution in [0.25, 0.3) is 0 Å². The number of hydrogen-bond acceptors (Lipinski definition) is 5. The third kappa shape index (κ3) is 10.2. The summed E-state index contributed by atoms with van der Waals surface area (Å²) >= 11 is 0. The molecule has 7 heteroatoms. The summed E-state index contributed by atoms with van der Waals surface area (Å²) in [5.41, 5.74) is 0. The van der Waals surface area contributed by atoms with Gasteiger partial charge in [-0.3, -0.25) is 0 Å². The van der Waals surface area contributed by atoms with Crippen molar-refractivity contribution in [1.82, 2.24) is 5.32 Å². The second-order valence-corrected chi connectivity index (χ2v) is 7.53. The van der Waals surface area contributed by atoms with E-state index in [-0.39, 0.29) is 6.09 Å². The Morgan fingerprint density at radius 1 is 0.818 bits per heavy atom. The molecule has 0 fully saturated rings. The van der Waals surface area contributed by atoms with Gasteiger partial charge in [0.05, 0.1) is 6.61 Å².